The number of nitrogen functional groups attached to an aromatic ring is 1. The summed E-state index contributed by atoms with van der Waals surface area (Å²) in [5.41, 5.74) is 8.50. The van der Waals surface area contributed by atoms with Crippen molar-refractivity contribution in [3.63, 3.8) is 0 Å². The Labute approximate surface area is 228 Å². The van der Waals surface area contributed by atoms with Crippen LogP contribution in [0.15, 0.2) is 72.9 Å². The molecule has 202 valence electrons. The fraction of sp³-hybridized carbons (Fsp3) is 0.241. The van der Waals surface area contributed by atoms with Crippen LogP contribution in [0, 0.1) is 0 Å². The van der Waals surface area contributed by atoms with Gasteiger partial charge >= 0.3 is 7.12 Å². The van der Waals surface area contributed by atoms with E-state index in [9.17, 15) is 14.8 Å². The van der Waals surface area contributed by atoms with Crippen molar-refractivity contribution in [1.29, 1.82) is 0 Å². The summed E-state index contributed by atoms with van der Waals surface area (Å²) >= 11 is 0. The first kappa shape index (κ1) is 27.8. The molecule has 1 aromatic heterocycles. The highest BCUT2D eigenvalue weighted by Gasteiger charge is 2.23. The molecule has 1 unspecified atom stereocenters. The van der Waals surface area contributed by atoms with Crippen molar-refractivity contribution < 1.29 is 24.3 Å². The van der Waals surface area contributed by atoms with Gasteiger partial charge in [0.15, 0.2) is 11.5 Å². The third kappa shape index (κ3) is 6.98. The van der Waals surface area contributed by atoms with Crippen molar-refractivity contribution in [2.45, 2.75) is 39.5 Å². The number of rotatable bonds is 11. The van der Waals surface area contributed by atoms with E-state index in [-0.39, 0.29) is 18.6 Å². The van der Waals surface area contributed by atoms with Gasteiger partial charge in [-0.05, 0) is 79.1 Å². The number of nitrogens with one attached hydrogen (secondary N) is 2. The molecule has 6 N–H and O–H groups in total. The van der Waals surface area contributed by atoms with Crippen LogP contribution >= 0.6 is 0 Å². The van der Waals surface area contributed by atoms with Crippen molar-refractivity contribution in [3.8, 4) is 11.5 Å². The Morgan fingerprint density at radius 2 is 1.87 bits per heavy atom. The van der Waals surface area contributed by atoms with Gasteiger partial charge in [-0.25, -0.2) is 4.98 Å². The topological polar surface area (TPSA) is 139 Å². The third-order valence-corrected chi connectivity index (χ3v) is 6.05. The van der Waals surface area contributed by atoms with E-state index in [1.807, 2.05) is 63.2 Å². The summed E-state index contributed by atoms with van der Waals surface area (Å²) in [6.45, 7) is 6.41. The largest absolute Gasteiger partial charge is 0.490 e. The molecule has 0 aliphatic rings. The average molecular weight is 528 g/mol. The van der Waals surface area contributed by atoms with E-state index >= 15 is 0 Å². The van der Waals surface area contributed by atoms with Crippen LogP contribution in [0.5, 0.6) is 11.5 Å². The maximum Gasteiger partial charge on any atom is 0.488 e. The Morgan fingerprint density at radius 3 is 2.62 bits per heavy atom. The molecule has 4 rings (SSSR count). The molecule has 9 nitrogen and oxygen atoms in total. The van der Waals surface area contributed by atoms with Crippen LogP contribution in [0.4, 0.5) is 11.5 Å². The predicted molar refractivity (Wildman–Crippen MR) is 154 cm³/mol. The zero-order valence-corrected chi connectivity index (χ0v) is 22.2. The molecule has 0 fully saturated rings. The molecule has 0 bridgehead atoms. The number of pyridine rings is 1. The van der Waals surface area contributed by atoms with Gasteiger partial charge in [0.05, 0.1) is 12.7 Å². The van der Waals surface area contributed by atoms with Crippen LogP contribution in [0.1, 0.15) is 37.9 Å². The Balaban J connectivity index is 1.66. The van der Waals surface area contributed by atoms with E-state index in [0.717, 1.165) is 22.0 Å². The lowest BCUT2D eigenvalue weighted by Gasteiger charge is -2.22. The van der Waals surface area contributed by atoms with Crippen LogP contribution in [0.2, 0.25) is 0 Å². The second-order valence-corrected chi connectivity index (χ2v) is 9.35. The summed E-state index contributed by atoms with van der Waals surface area (Å²) in [4.78, 5) is 17.8. The third-order valence-electron chi connectivity index (χ3n) is 6.05. The molecule has 0 radical (unpaired) electrons. The van der Waals surface area contributed by atoms with Crippen LogP contribution in [-0.2, 0) is 11.3 Å². The number of anilines is 2. The lowest BCUT2D eigenvalue weighted by Crippen LogP contribution is -2.34. The van der Waals surface area contributed by atoms with Crippen LogP contribution in [0.25, 0.3) is 10.8 Å². The average Bonchev–Trinajstić information content (AvgIpc) is 2.91. The number of nitrogens with two attached hydrogens (primary N) is 1. The van der Waals surface area contributed by atoms with E-state index in [4.69, 9.17) is 15.2 Å². The number of fused-ring (bicyclic) bond motifs is 1. The number of ether oxygens (including phenoxy) is 2. The molecular formula is C29H33BN4O5. The molecule has 0 spiro atoms. The van der Waals surface area contributed by atoms with E-state index in [0.29, 0.717) is 35.0 Å². The lowest BCUT2D eigenvalue weighted by molar-refractivity contribution is -0.122. The Morgan fingerprint density at radius 1 is 1.05 bits per heavy atom. The van der Waals surface area contributed by atoms with Gasteiger partial charge in [0.25, 0.3) is 0 Å². The summed E-state index contributed by atoms with van der Waals surface area (Å²) in [5.74, 6) is 1.30. The predicted octanol–water partition coefficient (Wildman–Crippen LogP) is 3.15. The smallest absolute Gasteiger partial charge is 0.488 e. The molecule has 0 saturated heterocycles. The Kier molecular flexibility index (Phi) is 8.90. The highest BCUT2D eigenvalue weighted by molar-refractivity contribution is 6.58. The second-order valence-electron chi connectivity index (χ2n) is 9.35. The maximum atomic E-state index is 13.6. The standard InChI is InChI=1S/C29H33BN4O5/c1-4-38-26-16-21(8-11-25(26)39-18(2)3)27(29(35)33-17-19-6-5-7-22(14-19)30(36)37)34-23-9-10-24-20(15-23)12-13-32-28(24)31/h5-16,18,27,34,36-37H,4,17H2,1-3H3,(H2,31,32)(H,33,35). The monoisotopic (exact) mass is 528 g/mol. The normalized spacial score (nSPS) is 11.7. The number of hydrogen-bond donors (Lipinski definition) is 5. The highest BCUT2D eigenvalue weighted by atomic mass is 16.5. The first-order valence-corrected chi connectivity index (χ1v) is 12.8. The van der Waals surface area contributed by atoms with Gasteiger partial charge in [0, 0.05) is 23.8 Å². The molecule has 1 amide bonds. The molecule has 10 heteroatoms. The minimum atomic E-state index is -1.59. The van der Waals surface area contributed by atoms with Gasteiger partial charge in [-0.2, -0.15) is 0 Å². The summed E-state index contributed by atoms with van der Waals surface area (Å²) in [7, 11) is -1.59. The molecule has 1 atom stereocenters. The first-order chi connectivity index (χ1) is 18.7. The molecule has 1 heterocycles. The zero-order valence-electron chi connectivity index (χ0n) is 22.2. The van der Waals surface area contributed by atoms with E-state index in [2.05, 4.69) is 15.6 Å². The van der Waals surface area contributed by atoms with E-state index in [1.165, 1.54) is 0 Å². The number of nitrogens with zero attached hydrogens (tertiary/aromatic N) is 1. The minimum Gasteiger partial charge on any atom is -0.490 e. The van der Waals surface area contributed by atoms with Gasteiger partial charge in [-0.15, -0.1) is 0 Å². The van der Waals surface area contributed by atoms with Crippen LogP contribution in [0.3, 0.4) is 0 Å². The van der Waals surface area contributed by atoms with Crippen molar-refractivity contribution in [1.82, 2.24) is 10.3 Å². The SMILES string of the molecule is CCOc1cc(C(Nc2ccc3c(N)nccc3c2)C(=O)NCc2cccc(B(O)O)c2)ccc1OC(C)C. The van der Waals surface area contributed by atoms with Crippen molar-refractivity contribution in [2.75, 3.05) is 17.7 Å². The lowest BCUT2D eigenvalue weighted by atomic mass is 9.79. The van der Waals surface area contributed by atoms with Crippen molar-refractivity contribution in [3.05, 3.63) is 84.1 Å². The molecule has 0 aliphatic heterocycles. The van der Waals surface area contributed by atoms with Crippen LogP contribution in [-0.4, -0.2) is 40.8 Å². The number of amides is 1. The van der Waals surface area contributed by atoms with Gasteiger partial charge in [-0.1, -0.05) is 30.3 Å². The van der Waals surface area contributed by atoms with Gasteiger partial charge in [0.1, 0.15) is 11.9 Å². The molecule has 0 aliphatic carbocycles. The van der Waals surface area contributed by atoms with Crippen LogP contribution < -0.4 is 31.3 Å². The Bertz CT molecular complexity index is 1450. The summed E-state index contributed by atoms with van der Waals surface area (Å²) in [6, 6.07) is 18.9. The van der Waals surface area contributed by atoms with Crippen molar-refractivity contribution in [2.24, 2.45) is 0 Å². The number of hydrogen-bond acceptors (Lipinski definition) is 8. The quantitative estimate of drug-likeness (QED) is 0.187. The number of carbonyl (C=O) groups is 1. The number of benzene rings is 3. The number of carbonyl (C=O) groups excluding carboxylic acids is 1. The zero-order chi connectivity index (χ0) is 27.9. The molecular weight excluding hydrogens is 495 g/mol. The van der Waals surface area contributed by atoms with Gasteiger partial charge in [-0.3, -0.25) is 4.79 Å². The summed E-state index contributed by atoms with van der Waals surface area (Å²) in [6.07, 6.45) is 1.60. The molecule has 3 aromatic carbocycles. The van der Waals surface area contributed by atoms with Gasteiger partial charge < -0.3 is 35.9 Å². The van der Waals surface area contributed by atoms with E-state index < -0.39 is 13.2 Å². The number of aromatic nitrogens is 1. The molecule has 39 heavy (non-hydrogen) atoms. The minimum absolute atomic E-state index is 0.0417. The fourth-order valence-corrected chi connectivity index (χ4v) is 4.24. The fourth-order valence-electron chi connectivity index (χ4n) is 4.24. The Hall–Kier alpha value is -4.28. The molecule has 4 aromatic rings. The molecule has 0 saturated carbocycles. The van der Waals surface area contributed by atoms with Crippen molar-refractivity contribution >= 4 is 40.8 Å². The van der Waals surface area contributed by atoms with E-state index in [1.54, 1.807) is 30.5 Å². The highest BCUT2D eigenvalue weighted by Crippen LogP contribution is 2.33. The summed E-state index contributed by atoms with van der Waals surface area (Å²) < 4.78 is 11.7. The second kappa shape index (κ2) is 12.5. The maximum absolute atomic E-state index is 13.6. The first-order valence-electron chi connectivity index (χ1n) is 12.8. The summed E-state index contributed by atoms with van der Waals surface area (Å²) in [5, 5.41) is 27.0. The van der Waals surface area contributed by atoms with Gasteiger partial charge in [0.2, 0.25) is 5.91 Å².